The Bertz CT molecular complexity index is 1000. The predicted molar refractivity (Wildman–Crippen MR) is 124 cm³/mol. The number of piperidine rings is 1. The van der Waals surface area contributed by atoms with Crippen LogP contribution in [0.4, 0.5) is 0 Å². The third-order valence-electron chi connectivity index (χ3n) is 6.68. The molecule has 2 heterocycles. The van der Waals surface area contributed by atoms with Gasteiger partial charge < -0.3 is 14.8 Å². The first kappa shape index (κ1) is 21.3. The van der Waals surface area contributed by atoms with Gasteiger partial charge in [0.1, 0.15) is 5.69 Å². The quantitative estimate of drug-likeness (QED) is 0.638. The molecule has 0 spiro atoms. The maximum absolute atomic E-state index is 12.6. The second-order valence-electron chi connectivity index (χ2n) is 8.77. The molecule has 2 aromatic carbocycles. The first-order chi connectivity index (χ1) is 15.1. The Balaban J connectivity index is 1.41. The maximum Gasteiger partial charge on any atom is 0.271 e. The number of amides is 1. The van der Waals surface area contributed by atoms with Gasteiger partial charge in [0.25, 0.3) is 5.91 Å². The second-order valence-corrected chi connectivity index (χ2v) is 8.77. The molecular formula is C26H32N4O. The second kappa shape index (κ2) is 9.48. The molecule has 1 aliphatic heterocycles. The highest BCUT2D eigenvalue weighted by Gasteiger charge is 2.36. The molecule has 162 valence electrons. The zero-order valence-corrected chi connectivity index (χ0v) is 18.6. The maximum atomic E-state index is 12.6. The fourth-order valence-corrected chi connectivity index (χ4v) is 4.60. The number of carbonyl (C=O) groups is 1. The number of likely N-dealkylation sites (tertiary alicyclic amines) is 1. The third kappa shape index (κ3) is 5.05. The Labute approximate surface area is 185 Å². The van der Waals surface area contributed by atoms with E-state index < -0.39 is 0 Å². The lowest BCUT2D eigenvalue weighted by Crippen LogP contribution is -2.49. The summed E-state index contributed by atoms with van der Waals surface area (Å²) in [6, 6.07) is 19.3. The zero-order chi connectivity index (χ0) is 21.7. The largest absolute Gasteiger partial charge is 0.350 e. The van der Waals surface area contributed by atoms with Crippen LogP contribution in [-0.4, -0.2) is 46.5 Å². The SMILES string of the molecule is Cc1ccccc1CCN1CCC(CNC(=O)c2cn(C)cn2)(c2ccccc2)CC1. The molecule has 4 rings (SSSR count). The molecule has 3 aromatic rings. The molecule has 0 saturated carbocycles. The lowest BCUT2D eigenvalue weighted by molar-refractivity contribution is 0.0917. The van der Waals surface area contributed by atoms with Crippen molar-refractivity contribution >= 4 is 5.91 Å². The molecule has 0 atom stereocenters. The standard InChI is InChI=1S/C26H32N4O/c1-21-8-6-7-9-22(21)12-15-30-16-13-26(14-17-30,23-10-4-3-5-11-23)19-27-25(31)24-18-29(2)20-28-24/h3-11,18,20H,12-17,19H2,1-2H3,(H,27,31). The normalized spacial score (nSPS) is 16.2. The number of rotatable bonds is 7. The number of carbonyl (C=O) groups excluding carboxylic acids is 1. The van der Waals surface area contributed by atoms with E-state index in [1.807, 2.05) is 7.05 Å². The summed E-state index contributed by atoms with van der Waals surface area (Å²) in [5.41, 5.74) is 4.56. The third-order valence-corrected chi connectivity index (χ3v) is 6.68. The molecule has 5 nitrogen and oxygen atoms in total. The van der Waals surface area contributed by atoms with Gasteiger partial charge in [0.05, 0.1) is 6.33 Å². The van der Waals surface area contributed by atoms with E-state index >= 15 is 0 Å². The van der Waals surface area contributed by atoms with Crippen LogP contribution in [0.5, 0.6) is 0 Å². The van der Waals surface area contributed by atoms with Crippen LogP contribution in [0, 0.1) is 6.92 Å². The number of nitrogens with one attached hydrogen (secondary N) is 1. The lowest BCUT2D eigenvalue weighted by Gasteiger charge is -2.42. The van der Waals surface area contributed by atoms with Gasteiger partial charge in [-0.2, -0.15) is 0 Å². The number of nitrogens with zero attached hydrogens (tertiary/aromatic N) is 3. The van der Waals surface area contributed by atoms with Crippen LogP contribution in [0.2, 0.25) is 0 Å². The van der Waals surface area contributed by atoms with Crippen molar-refractivity contribution in [3.63, 3.8) is 0 Å². The summed E-state index contributed by atoms with van der Waals surface area (Å²) in [4.78, 5) is 19.4. The molecule has 1 amide bonds. The summed E-state index contributed by atoms with van der Waals surface area (Å²) in [5, 5.41) is 3.17. The monoisotopic (exact) mass is 416 g/mol. The van der Waals surface area contributed by atoms with Gasteiger partial charge in [-0.25, -0.2) is 4.98 Å². The molecule has 0 aliphatic carbocycles. The Hall–Kier alpha value is -2.92. The molecule has 1 aliphatic rings. The highest BCUT2D eigenvalue weighted by molar-refractivity contribution is 5.92. The van der Waals surface area contributed by atoms with Crippen molar-refractivity contribution in [1.29, 1.82) is 0 Å². The summed E-state index contributed by atoms with van der Waals surface area (Å²) in [5.74, 6) is -0.0992. The highest BCUT2D eigenvalue weighted by atomic mass is 16.1. The van der Waals surface area contributed by atoms with E-state index in [4.69, 9.17) is 0 Å². The fourth-order valence-electron chi connectivity index (χ4n) is 4.60. The average molecular weight is 417 g/mol. The van der Waals surface area contributed by atoms with Crippen molar-refractivity contribution < 1.29 is 4.79 Å². The van der Waals surface area contributed by atoms with Crippen molar-refractivity contribution in [2.75, 3.05) is 26.2 Å². The van der Waals surface area contributed by atoms with Gasteiger partial charge in [0.15, 0.2) is 0 Å². The molecule has 1 fully saturated rings. The number of hydrogen-bond acceptors (Lipinski definition) is 3. The van der Waals surface area contributed by atoms with Gasteiger partial charge in [0, 0.05) is 31.7 Å². The van der Waals surface area contributed by atoms with E-state index in [1.54, 1.807) is 17.1 Å². The van der Waals surface area contributed by atoms with Crippen LogP contribution in [0.15, 0.2) is 67.1 Å². The molecule has 1 N–H and O–H groups in total. The number of benzene rings is 2. The van der Waals surface area contributed by atoms with Gasteiger partial charge in [-0.3, -0.25) is 4.79 Å². The van der Waals surface area contributed by atoms with Gasteiger partial charge in [-0.05, 0) is 56.0 Å². The fraction of sp³-hybridized carbons (Fsp3) is 0.385. The minimum Gasteiger partial charge on any atom is -0.350 e. The minimum atomic E-state index is -0.0992. The number of aryl methyl sites for hydroxylation is 2. The van der Waals surface area contributed by atoms with Crippen molar-refractivity contribution in [3.05, 3.63) is 89.5 Å². The van der Waals surface area contributed by atoms with E-state index in [9.17, 15) is 4.79 Å². The summed E-state index contributed by atoms with van der Waals surface area (Å²) in [7, 11) is 1.88. The number of hydrogen-bond donors (Lipinski definition) is 1. The van der Waals surface area contributed by atoms with Crippen molar-refractivity contribution in [2.45, 2.75) is 31.6 Å². The van der Waals surface area contributed by atoms with Crippen LogP contribution in [0.25, 0.3) is 0 Å². The van der Waals surface area contributed by atoms with E-state index in [0.717, 1.165) is 38.9 Å². The molecule has 0 radical (unpaired) electrons. The Kier molecular flexibility index (Phi) is 6.52. The minimum absolute atomic E-state index is 0.0368. The molecule has 0 bridgehead atoms. The summed E-state index contributed by atoms with van der Waals surface area (Å²) >= 11 is 0. The zero-order valence-electron chi connectivity index (χ0n) is 18.6. The average Bonchev–Trinajstić information content (AvgIpc) is 3.25. The Morgan fingerprint density at radius 1 is 1.06 bits per heavy atom. The van der Waals surface area contributed by atoms with Gasteiger partial charge in [0.2, 0.25) is 0 Å². The smallest absolute Gasteiger partial charge is 0.271 e. The lowest BCUT2D eigenvalue weighted by atomic mass is 9.72. The first-order valence-electron chi connectivity index (χ1n) is 11.1. The molecular weight excluding hydrogens is 384 g/mol. The topological polar surface area (TPSA) is 50.2 Å². The molecule has 0 unspecified atom stereocenters. The van der Waals surface area contributed by atoms with Gasteiger partial charge >= 0.3 is 0 Å². The number of aromatic nitrogens is 2. The summed E-state index contributed by atoms with van der Waals surface area (Å²) in [6.07, 6.45) is 6.58. The Morgan fingerprint density at radius 2 is 1.77 bits per heavy atom. The molecule has 5 heteroatoms. The van der Waals surface area contributed by atoms with Gasteiger partial charge in [-0.15, -0.1) is 0 Å². The van der Waals surface area contributed by atoms with E-state index in [1.165, 1.54) is 16.7 Å². The molecule has 31 heavy (non-hydrogen) atoms. The van der Waals surface area contributed by atoms with E-state index in [-0.39, 0.29) is 11.3 Å². The summed E-state index contributed by atoms with van der Waals surface area (Å²) < 4.78 is 1.80. The van der Waals surface area contributed by atoms with Crippen LogP contribution < -0.4 is 5.32 Å². The van der Waals surface area contributed by atoms with E-state index in [2.05, 4.69) is 76.7 Å². The highest BCUT2D eigenvalue weighted by Crippen LogP contribution is 2.35. The first-order valence-corrected chi connectivity index (χ1v) is 11.1. The van der Waals surface area contributed by atoms with Crippen molar-refractivity contribution in [1.82, 2.24) is 19.8 Å². The Morgan fingerprint density at radius 3 is 2.45 bits per heavy atom. The van der Waals surface area contributed by atoms with E-state index in [0.29, 0.717) is 12.2 Å². The van der Waals surface area contributed by atoms with Crippen LogP contribution in [0.1, 0.15) is 40.0 Å². The number of imidazole rings is 1. The van der Waals surface area contributed by atoms with Gasteiger partial charge in [-0.1, -0.05) is 54.6 Å². The predicted octanol–water partition coefficient (Wildman–Crippen LogP) is 3.73. The molecule has 1 aromatic heterocycles. The van der Waals surface area contributed by atoms with Crippen LogP contribution >= 0.6 is 0 Å². The van der Waals surface area contributed by atoms with Crippen LogP contribution in [-0.2, 0) is 18.9 Å². The van der Waals surface area contributed by atoms with Crippen molar-refractivity contribution in [2.24, 2.45) is 7.05 Å². The van der Waals surface area contributed by atoms with Crippen molar-refractivity contribution in [3.8, 4) is 0 Å². The molecule has 1 saturated heterocycles. The summed E-state index contributed by atoms with van der Waals surface area (Å²) in [6.45, 7) is 5.99. The van der Waals surface area contributed by atoms with Crippen LogP contribution in [0.3, 0.4) is 0 Å².